The number of nitro groups is 1. The molecule has 0 aliphatic carbocycles. The summed E-state index contributed by atoms with van der Waals surface area (Å²) < 4.78 is 5.33. The first-order valence-electron chi connectivity index (χ1n) is 5.60. The standard InChI is InChI=1S/C11H12N4O4/c1-7(16)12-5-6-13-11-14-10-8(15(17)18)3-2-4-9(10)19-11/h2-4H,5-6H2,1H3,(H,12,16)(H,13,14). The molecule has 0 unspecified atom stereocenters. The largest absolute Gasteiger partial charge is 0.423 e. The van der Waals surface area contributed by atoms with E-state index >= 15 is 0 Å². The first kappa shape index (κ1) is 12.8. The summed E-state index contributed by atoms with van der Waals surface area (Å²) >= 11 is 0. The van der Waals surface area contributed by atoms with Gasteiger partial charge in [-0.2, -0.15) is 4.98 Å². The highest BCUT2D eigenvalue weighted by molar-refractivity contribution is 5.84. The van der Waals surface area contributed by atoms with Gasteiger partial charge in [-0.05, 0) is 6.07 Å². The number of hydrogen-bond donors (Lipinski definition) is 2. The fraction of sp³-hybridized carbons (Fsp3) is 0.273. The Hall–Kier alpha value is -2.64. The van der Waals surface area contributed by atoms with E-state index < -0.39 is 4.92 Å². The number of amides is 1. The number of nitrogens with zero attached hydrogens (tertiary/aromatic N) is 2. The number of anilines is 1. The molecule has 1 aromatic heterocycles. The number of nitrogens with one attached hydrogen (secondary N) is 2. The molecule has 8 nitrogen and oxygen atoms in total. The summed E-state index contributed by atoms with van der Waals surface area (Å²) in [7, 11) is 0. The van der Waals surface area contributed by atoms with Crippen LogP contribution in [0.4, 0.5) is 11.7 Å². The summed E-state index contributed by atoms with van der Waals surface area (Å²) in [6.45, 7) is 2.25. The Morgan fingerprint density at radius 1 is 1.47 bits per heavy atom. The van der Waals surface area contributed by atoms with Crippen molar-refractivity contribution in [2.24, 2.45) is 0 Å². The van der Waals surface area contributed by atoms with Crippen molar-refractivity contribution in [1.82, 2.24) is 10.3 Å². The number of carbonyl (C=O) groups excluding carboxylic acids is 1. The van der Waals surface area contributed by atoms with Gasteiger partial charge < -0.3 is 15.1 Å². The van der Waals surface area contributed by atoms with Gasteiger partial charge in [-0.25, -0.2) is 0 Å². The Kier molecular flexibility index (Phi) is 3.60. The summed E-state index contributed by atoms with van der Waals surface area (Å²) in [4.78, 5) is 25.0. The molecule has 0 saturated carbocycles. The van der Waals surface area contributed by atoms with Crippen LogP contribution in [0.5, 0.6) is 0 Å². The molecular formula is C11H12N4O4. The zero-order chi connectivity index (χ0) is 13.8. The molecule has 2 N–H and O–H groups in total. The SMILES string of the molecule is CC(=O)NCCNc1nc2c([N+](=O)[O-])cccc2o1. The number of hydrogen-bond acceptors (Lipinski definition) is 6. The molecule has 0 fully saturated rings. The Morgan fingerprint density at radius 2 is 2.26 bits per heavy atom. The molecule has 1 aromatic carbocycles. The van der Waals surface area contributed by atoms with E-state index in [1.165, 1.54) is 19.1 Å². The third-order valence-corrected chi connectivity index (χ3v) is 2.37. The molecule has 19 heavy (non-hydrogen) atoms. The van der Waals surface area contributed by atoms with E-state index in [4.69, 9.17) is 4.42 Å². The summed E-state index contributed by atoms with van der Waals surface area (Å²) in [5, 5.41) is 16.3. The first-order valence-corrected chi connectivity index (χ1v) is 5.60. The van der Waals surface area contributed by atoms with Crippen molar-refractivity contribution >= 4 is 28.7 Å². The Labute approximate surface area is 108 Å². The lowest BCUT2D eigenvalue weighted by molar-refractivity contribution is -0.383. The second-order valence-electron chi connectivity index (χ2n) is 3.81. The van der Waals surface area contributed by atoms with Gasteiger partial charge in [0.1, 0.15) is 0 Å². The van der Waals surface area contributed by atoms with Crippen molar-refractivity contribution in [2.45, 2.75) is 6.92 Å². The third kappa shape index (κ3) is 2.97. The van der Waals surface area contributed by atoms with Gasteiger partial charge in [0.15, 0.2) is 11.1 Å². The molecule has 0 aliphatic rings. The number of nitro benzene ring substituents is 1. The molecule has 1 amide bonds. The van der Waals surface area contributed by atoms with Crippen molar-refractivity contribution < 1.29 is 14.1 Å². The first-order chi connectivity index (χ1) is 9.08. The predicted octanol–water partition coefficient (Wildman–Crippen LogP) is 1.28. The van der Waals surface area contributed by atoms with Gasteiger partial charge in [-0.15, -0.1) is 0 Å². The molecule has 2 rings (SSSR count). The van der Waals surface area contributed by atoms with E-state index in [1.54, 1.807) is 6.07 Å². The van der Waals surface area contributed by atoms with E-state index in [1.807, 2.05) is 0 Å². The highest BCUT2D eigenvalue weighted by Crippen LogP contribution is 2.26. The maximum atomic E-state index is 10.8. The highest BCUT2D eigenvalue weighted by atomic mass is 16.6. The van der Waals surface area contributed by atoms with Crippen LogP contribution in [0, 0.1) is 10.1 Å². The van der Waals surface area contributed by atoms with Crippen molar-refractivity contribution in [2.75, 3.05) is 18.4 Å². The predicted molar refractivity (Wildman–Crippen MR) is 67.8 cm³/mol. The van der Waals surface area contributed by atoms with Crippen LogP contribution in [0.3, 0.4) is 0 Å². The lowest BCUT2D eigenvalue weighted by atomic mass is 10.3. The molecule has 0 atom stereocenters. The average molecular weight is 264 g/mol. The number of oxazole rings is 1. The molecule has 8 heteroatoms. The van der Waals surface area contributed by atoms with Gasteiger partial charge in [-0.1, -0.05) is 6.07 Å². The Bertz CT molecular complexity index is 622. The summed E-state index contributed by atoms with van der Waals surface area (Å²) in [6, 6.07) is 4.70. The van der Waals surface area contributed by atoms with Crippen LogP contribution in [-0.2, 0) is 4.79 Å². The lowest BCUT2D eigenvalue weighted by Gasteiger charge is -2.01. The number of benzene rings is 1. The number of non-ortho nitro benzene ring substituents is 1. The van der Waals surface area contributed by atoms with Crippen molar-refractivity contribution in [3.63, 3.8) is 0 Å². The monoisotopic (exact) mass is 264 g/mol. The normalized spacial score (nSPS) is 10.4. The molecule has 0 aliphatic heterocycles. The minimum atomic E-state index is -0.508. The zero-order valence-corrected chi connectivity index (χ0v) is 10.2. The third-order valence-electron chi connectivity index (χ3n) is 2.37. The molecule has 0 bridgehead atoms. The molecule has 0 spiro atoms. The molecule has 0 radical (unpaired) electrons. The number of rotatable bonds is 5. The molecular weight excluding hydrogens is 252 g/mol. The molecule has 1 heterocycles. The summed E-state index contributed by atoms with van der Waals surface area (Å²) in [5.74, 6) is -0.130. The number of para-hydroxylation sites is 1. The second kappa shape index (κ2) is 5.34. The van der Waals surface area contributed by atoms with E-state index in [0.717, 1.165) is 0 Å². The Morgan fingerprint density at radius 3 is 2.95 bits per heavy atom. The van der Waals surface area contributed by atoms with E-state index in [0.29, 0.717) is 18.7 Å². The minimum absolute atomic E-state index is 0.101. The van der Waals surface area contributed by atoms with Crippen molar-refractivity contribution in [3.8, 4) is 0 Å². The van der Waals surface area contributed by atoms with Gasteiger partial charge in [0.25, 0.3) is 11.7 Å². The topological polar surface area (TPSA) is 110 Å². The van der Waals surface area contributed by atoms with Gasteiger partial charge in [-0.3, -0.25) is 14.9 Å². The number of aromatic nitrogens is 1. The van der Waals surface area contributed by atoms with Crippen LogP contribution in [0.25, 0.3) is 11.1 Å². The Balaban J connectivity index is 2.11. The maximum absolute atomic E-state index is 10.8. The zero-order valence-electron chi connectivity index (χ0n) is 10.2. The van der Waals surface area contributed by atoms with Gasteiger partial charge in [0.05, 0.1) is 4.92 Å². The van der Waals surface area contributed by atoms with Crippen molar-refractivity contribution in [3.05, 3.63) is 28.3 Å². The highest BCUT2D eigenvalue weighted by Gasteiger charge is 2.16. The van der Waals surface area contributed by atoms with Crippen LogP contribution in [-0.4, -0.2) is 28.9 Å². The van der Waals surface area contributed by atoms with Crippen molar-refractivity contribution in [1.29, 1.82) is 0 Å². The van der Waals surface area contributed by atoms with Crippen LogP contribution < -0.4 is 10.6 Å². The molecule has 100 valence electrons. The number of fused-ring (bicyclic) bond motifs is 1. The fourth-order valence-electron chi connectivity index (χ4n) is 1.56. The minimum Gasteiger partial charge on any atom is -0.423 e. The maximum Gasteiger partial charge on any atom is 0.298 e. The fourth-order valence-corrected chi connectivity index (χ4v) is 1.56. The van der Waals surface area contributed by atoms with E-state index in [2.05, 4.69) is 15.6 Å². The van der Waals surface area contributed by atoms with E-state index in [-0.39, 0.29) is 23.1 Å². The molecule has 0 saturated heterocycles. The van der Waals surface area contributed by atoms with Gasteiger partial charge in [0, 0.05) is 26.1 Å². The second-order valence-corrected chi connectivity index (χ2v) is 3.81. The average Bonchev–Trinajstić information content (AvgIpc) is 2.76. The summed E-state index contributed by atoms with van der Waals surface area (Å²) in [5.41, 5.74) is 0.446. The van der Waals surface area contributed by atoms with Gasteiger partial charge >= 0.3 is 0 Å². The van der Waals surface area contributed by atoms with Gasteiger partial charge in [0.2, 0.25) is 5.91 Å². The smallest absolute Gasteiger partial charge is 0.298 e. The quantitative estimate of drug-likeness (QED) is 0.478. The van der Waals surface area contributed by atoms with E-state index in [9.17, 15) is 14.9 Å². The molecule has 2 aromatic rings. The van der Waals surface area contributed by atoms with Crippen LogP contribution >= 0.6 is 0 Å². The number of carbonyl (C=O) groups is 1. The van der Waals surface area contributed by atoms with Crippen LogP contribution in [0.15, 0.2) is 22.6 Å². The summed E-state index contributed by atoms with van der Waals surface area (Å²) in [6.07, 6.45) is 0. The lowest BCUT2D eigenvalue weighted by Crippen LogP contribution is -2.26. The van der Waals surface area contributed by atoms with Crippen LogP contribution in [0.2, 0.25) is 0 Å². The van der Waals surface area contributed by atoms with Crippen LogP contribution in [0.1, 0.15) is 6.92 Å².